The Labute approximate surface area is 394 Å². The number of nitrogens with zero attached hydrogens (tertiary/aromatic N) is 5. The average molecular weight is 961 g/mol. The fourth-order valence-electron chi connectivity index (χ4n) is 5.81. The van der Waals surface area contributed by atoms with Gasteiger partial charge in [0.25, 0.3) is 0 Å². The standard InChI is InChI=1S/C24H31F3N4O3.C16H27N3O.C8H4F3NO2/c1-17(2)21(22(32)31(15-14-30(3)4)16-18-8-6-5-7-9-18)29-23(33)28-19-10-12-20(13-11-19)34-24(25,26)27;1-13(2)15(17)16(20)19(11-10-18(3)4)12-14-8-6-5-7-9-14;9-8(10,11)14-7-3-1-6(2-4-7)12-5-13/h5-13,17,21H,14-16H2,1-4H3,(H2,28,29,33);5-9,13,15H,10-12,17H2,1-4H3;1-4H/t21-;15-;/m00./s1. The number of hydrogen-bond acceptors (Lipinski definition) is 10. The lowest BCUT2D eigenvalue weighted by Gasteiger charge is -2.31. The predicted octanol–water partition coefficient (Wildman–Crippen LogP) is 8.43. The van der Waals surface area contributed by atoms with Gasteiger partial charge >= 0.3 is 18.8 Å². The van der Waals surface area contributed by atoms with Gasteiger partial charge in [0.15, 0.2) is 0 Å². The molecule has 372 valence electrons. The SMILES string of the molecule is CC(C)[C@H](N)C(=O)N(CCN(C)C)Cc1ccccc1.CC(C)[C@H](NC(=O)Nc1ccc(OC(F)(F)F)cc1)C(=O)N(CCN(C)C)Cc1ccccc1.O=C=Nc1ccc(OC(F)(F)F)cc1. The first-order valence-electron chi connectivity index (χ1n) is 21.4. The van der Waals surface area contributed by atoms with Gasteiger partial charge in [-0.05, 0) is 99.7 Å². The summed E-state index contributed by atoms with van der Waals surface area (Å²) in [4.78, 5) is 59.1. The van der Waals surface area contributed by atoms with Crippen LogP contribution in [0.4, 0.5) is 42.5 Å². The maximum absolute atomic E-state index is 13.4. The molecular weight excluding hydrogens is 899 g/mol. The van der Waals surface area contributed by atoms with Crippen molar-refractivity contribution in [3.63, 3.8) is 0 Å². The van der Waals surface area contributed by atoms with Crippen LogP contribution >= 0.6 is 0 Å². The van der Waals surface area contributed by atoms with Crippen molar-refractivity contribution in [2.24, 2.45) is 22.6 Å². The number of nitrogens with two attached hydrogens (primary N) is 1. The Balaban J connectivity index is 0.000000392. The fourth-order valence-corrected chi connectivity index (χ4v) is 5.81. The second-order valence-electron chi connectivity index (χ2n) is 16.5. The van der Waals surface area contributed by atoms with E-state index in [0.717, 1.165) is 41.9 Å². The number of anilines is 1. The van der Waals surface area contributed by atoms with Crippen LogP contribution in [0.5, 0.6) is 11.5 Å². The summed E-state index contributed by atoms with van der Waals surface area (Å²) in [5, 5.41) is 5.25. The third kappa shape index (κ3) is 23.8. The number of nitrogens with one attached hydrogen (secondary N) is 2. The molecule has 0 unspecified atom stereocenters. The summed E-state index contributed by atoms with van der Waals surface area (Å²) in [5.74, 6) is -0.984. The lowest BCUT2D eigenvalue weighted by atomic mass is 10.0. The minimum absolute atomic E-state index is 0.0331. The van der Waals surface area contributed by atoms with Crippen molar-refractivity contribution in [1.29, 1.82) is 0 Å². The molecule has 14 nitrogen and oxygen atoms in total. The van der Waals surface area contributed by atoms with Gasteiger partial charge in [-0.25, -0.2) is 9.59 Å². The molecule has 0 saturated heterocycles. The van der Waals surface area contributed by atoms with Gasteiger partial charge in [-0.1, -0.05) is 88.4 Å². The first kappa shape index (κ1) is 57.7. The molecule has 4 rings (SSSR count). The van der Waals surface area contributed by atoms with Crippen LogP contribution in [0.15, 0.2) is 114 Å². The Morgan fingerprint density at radius 1 is 0.618 bits per heavy atom. The predicted molar refractivity (Wildman–Crippen MR) is 248 cm³/mol. The van der Waals surface area contributed by atoms with Gasteiger partial charge in [0.2, 0.25) is 17.9 Å². The summed E-state index contributed by atoms with van der Waals surface area (Å²) in [6, 6.07) is 27.1. The van der Waals surface area contributed by atoms with Crippen molar-refractivity contribution in [2.75, 3.05) is 59.7 Å². The molecule has 4 aromatic rings. The Bertz CT molecular complexity index is 2140. The van der Waals surface area contributed by atoms with Gasteiger partial charge in [0.05, 0.1) is 11.7 Å². The highest BCUT2D eigenvalue weighted by Crippen LogP contribution is 2.25. The number of rotatable bonds is 19. The molecule has 4 N–H and O–H groups in total. The zero-order chi connectivity index (χ0) is 51.0. The zero-order valence-electron chi connectivity index (χ0n) is 39.5. The average Bonchev–Trinajstić information content (AvgIpc) is 3.26. The molecule has 4 aromatic carbocycles. The summed E-state index contributed by atoms with van der Waals surface area (Å²) >= 11 is 0. The summed E-state index contributed by atoms with van der Waals surface area (Å²) in [7, 11) is 7.85. The fraction of sp³-hybridized carbons (Fsp3) is 0.417. The highest BCUT2D eigenvalue weighted by molar-refractivity contribution is 5.94. The van der Waals surface area contributed by atoms with Crippen LogP contribution in [0, 0.1) is 11.8 Å². The third-order valence-corrected chi connectivity index (χ3v) is 9.50. The van der Waals surface area contributed by atoms with E-state index in [4.69, 9.17) is 5.73 Å². The van der Waals surface area contributed by atoms with Gasteiger partial charge in [-0.15, -0.1) is 26.3 Å². The number of urea groups is 1. The van der Waals surface area contributed by atoms with E-state index in [1.807, 2.05) is 126 Å². The van der Waals surface area contributed by atoms with Gasteiger partial charge in [-0.2, -0.15) is 4.99 Å². The highest BCUT2D eigenvalue weighted by atomic mass is 19.4. The number of ether oxygens (including phenoxy) is 2. The number of benzene rings is 4. The number of carbonyl (C=O) groups is 3. The highest BCUT2D eigenvalue weighted by Gasteiger charge is 2.32. The van der Waals surface area contributed by atoms with Crippen molar-refractivity contribution in [3.05, 3.63) is 120 Å². The van der Waals surface area contributed by atoms with Crippen LogP contribution in [-0.4, -0.2) is 123 Å². The molecule has 0 aliphatic heterocycles. The van der Waals surface area contributed by atoms with E-state index in [1.165, 1.54) is 30.3 Å². The molecule has 0 bridgehead atoms. The number of aliphatic imine (C=N–C) groups is 1. The van der Waals surface area contributed by atoms with Crippen molar-refractivity contribution in [2.45, 2.75) is 65.6 Å². The van der Waals surface area contributed by atoms with Crippen molar-refractivity contribution >= 4 is 35.3 Å². The monoisotopic (exact) mass is 960 g/mol. The van der Waals surface area contributed by atoms with Gasteiger partial charge in [0, 0.05) is 45.0 Å². The van der Waals surface area contributed by atoms with E-state index in [9.17, 15) is 45.5 Å². The van der Waals surface area contributed by atoms with Crippen LogP contribution in [0.3, 0.4) is 0 Å². The molecule has 0 spiro atoms. The molecule has 0 fully saturated rings. The van der Waals surface area contributed by atoms with Gasteiger partial charge in [-0.3, -0.25) is 9.59 Å². The molecule has 0 radical (unpaired) electrons. The van der Waals surface area contributed by atoms with E-state index in [0.29, 0.717) is 32.7 Å². The Morgan fingerprint density at radius 3 is 1.40 bits per heavy atom. The maximum Gasteiger partial charge on any atom is 0.573 e. The Kier molecular flexibility index (Phi) is 24.3. The number of alkyl halides is 6. The minimum atomic E-state index is -4.80. The molecule has 0 aliphatic carbocycles. The molecule has 68 heavy (non-hydrogen) atoms. The minimum Gasteiger partial charge on any atom is -0.406 e. The van der Waals surface area contributed by atoms with Crippen LogP contribution in [0.1, 0.15) is 38.8 Å². The second kappa shape index (κ2) is 28.6. The zero-order valence-corrected chi connectivity index (χ0v) is 39.5. The van der Waals surface area contributed by atoms with E-state index in [2.05, 4.69) is 30.0 Å². The topological polar surface area (TPSA) is 162 Å². The second-order valence-corrected chi connectivity index (χ2v) is 16.5. The number of carbonyl (C=O) groups excluding carboxylic acids is 4. The number of amides is 4. The van der Waals surface area contributed by atoms with Crippen molar-refractivity contribution in [1.82, 2.24) is 24.9 Å². The summed E-state index contributed by atoms with van der Waals surface area (Å²) in [5.41, 5.74) is 8.60. The first-order valence-corrected chi connectivity index (χ1v) is 21.4. The number of isocyanates is 1. The Morgan fingerprint density at radius 2 is 1.03 bits per heavy atom. The van der Waals surface area contributed by atoms with E-state index in [1.54, 1.807) is 4.90 Å². The molecular formula is C48H62F6N8O6. The molecule has 0 heterocycles. The summed E-state index contributed by atoms with van der Waals surface area (Å²) in [6.45, 7) is 11.3. The largest absolute Gasteiger partial charge is 0.573 e. The van der Waals surface area contributed by atoms with Crippen LogP contribution in [0.2, 0.25) is 0 Å². The Hall–Kier alpha value is -6.47. The smallest absolute Gasteiger partial charge is 0.406 e. The molecule has 0 aromatic heterocycles. The number of hydrogen-bond donors (Lipinski definition) is 3. The maximum atomic E-state index is 13.4. The normalized spacial score (nSPS) is 12.1. The molecule has 4 amide bonds. The summed E-state index contributed by atoms with van der Waals surface area (Å²) < 4.78 is 79.4. The van der Waals surface area contributed by atoms with E-state index in [-0.39, 0.29) is 40.8 Å². The van der Waals surface area contributed by atoms with Crippen LogP contribution in [0.25, 0.3) is 0 Å². The quantitative estimate of drug-likeness (QED) is 0.0476. The molecule has 0 aliphatic rings. The third-order valence-electron chi connectivity index (χ3n) is 9.50. The number of likely N-dealkylation sites (N-methyl/N-ethyl adjacent to an activating group) is 2. The molecule has 2 atom stereocenters. The van der Waals surface area contributed by atoms with Crippen molar-refractivity contribution < 1.29 is 55.0 Å². The van der Waals surface area contributed by atoms with Gasteiger partial charge < -0.3 is 45.4 Å². The van der Waals surface area contributed by atoms with E-state index >= 15 is 0 Å². The van der Waals surface area contributed by atoms with Crippen LogP contribution in [-0.2, 0) is 27.5 Å². The lowest BCUT2D eigenvalue weighted by molar-refractivity contribution is -0.275. The van der Waals surface area contributed by atoms with E-state index < -0.39 is 36.6 Å². The van der Waals surface area contributed by atoms with Gasteiger partial charge in [0.1, 0.15) is 17.5 Å². The molecule has 20 heteroatoms. The first-order chi connectivity index (χ1) is 31.9. The summed E-state index contributed by atoms with van der Waals surface area (Å²) in [6.07, 6.45) is -8.25. The van der Waals surface area contributed by atoms with Crippen LogP contribution < -0.4 is 25.8 Å². The van der Waals surface area contributed by atoms with Crippen molar-refractivity contribution in [3.8, 4) is 11.5 Å². The molecule has 0 saturated carbocycles. The lowest BCUT2D eigenvalue weighted by Crippen LogP contribution is -2.53. The number of halogens is 6.